The molecule has 2 aromatic rings. The molecule has 0 atom stereocenters. The van der Waals surface area contributed by atoms with Crippen LogP contribution in [0.2, 0.25) is 0 Å². The summed E-state index contributed by atoms with van der Waals surface area (Å²) in [6.07, 6.45) is 0.0931. The molecular weight excluding hydrogens is 341 g/mol. The third-order valence-electron chi connectivity index (χ3n) is 2.74. The predicted octanol–water partition coefficient (Wildman–Crippen LogP) is 3.47. The molecule has 0 unspecified atom stereocenters. The predicted molar refractivity (Wildman–Crippen MR) is 79.8 cm³/mol. The largest absolute Gasteiger partial charge is 0.478 e. The lowest BCUT2D eigenvalue weighted by Gasteiger charge is -2.09. The van der Waals surface area contributed by atoms with Crippen LogP contribution in [0.15, 0.2) is 46.9 Å². The van der Waals surface area contributed by atoms with Crippen molar-refractivity contribution in [3.05, 3.63) is 63.9 Å². The number of anilines is 1. The van der Waals surface area contributed by atoms with Crippen molar-refractivity contribution in [1.82, 2.24) is 0 Å². The molecule has 2 rings (SSSR count). The zero-order valence-electron chi connectivity index (χ0n) is 10.8. The van der Waals surface area contributed by atoms with Gasteiger partial charge in [-0.2, -0.15) is 0 Å². The van der Waals surface area contributed by atoms with Gasteiger partial charge in [0.15, 0.2) is 0 Å². The van der Waals surface area contributed by atoms with Gasteiger partial charge in [0.05, 0.1) is 17.7 Å². The van der Waals surface area contributed by atoms with Crippen LogP contribution in [-0.4, -0.2) is 17.0 Å². The zero-order chi connectivity index (χ0) is 15.4. The van der Waals surface area contributed by atoms with Crippen molar-refractivity contribution in [3.8, 4) is 0 Å². The number of aromatic carboxylic acids is 1. The minimum Gasteiger partial charge on any atom is -0.478 e. The summed E-state index contributed by atoms with van der Waals surface area (Å²) < 4.78 is 13.9. The van der Waals surface area contributed by atoms with Gasteiger partial charge in [0, 0.05) is 4.47 Å². The third kappa shape index (κ3) is 4.13. The van der Waals surface area contributed by atoms with Crippen molar-refractivity contribution >= 4 is 33.5 Å². The van der Waals surface area contributed by atoms with Gasteiger partial charge in [0.1, 0.15) is 5.82 Å². The minimum atomic E-state index is -1.30. The molecule has 21 heavy (non-hydrogen) atoms. The average Bonchev–Trinajstić information content (AvgIpc) is 2.40. The first kappa shape index (κ1) is 15.2. The van der Waals surface area contributed by atoms with Gasteiger partial charge in [-0.3, -0.25) is 4.79 Å². The van der Waals surface area contributed by atoms with E-state index < -0.39 is 11.8 Å². The van der Waals surface area contributed by atoms with Gasteiger partial charge in [-0.15, -0.1) is 0 Å². The highest BCUT2D eigenvalue weighted by Gasteiger charge is 2.14. The van der Waals surface area contributed by atoms with Crippen LogP contribution in [-0.2, 0) is 11.2 Å². The molecule has 2 aromatic carbocycles. The Balaban J connectivity index is 2.15. The molecule has 0 aromatic heterocycles. The topological polar surface area (TPSA) is 66.4 Å². The number of amides is 1. The lowest BCUT2D eigenvalue weighted by molar-refractivity contribution is -0.115. The van der Waals surface area contributed by atoms with Gasteiger partial charge < -0.3 is 10.4 Å². The summed E-state index contributed by atoms with van der Waals surface area (Å²) in [6, 6.07) is 10.4. The minimum absolute atomic E-state index is 0.0731. The molecule has 4 nitrogen and oxygen atoms in total. The fourth-order valence-corrected chi connectivity index (χ4v) is 2.28. The number of carboxylic acids is 1. The number of benzene rings is 2. The summed E-state index contributed by atoms with van der Waals surface area (Å²) in [6.45, 7) is 0. The van der Waals surface area contributed by atoms with E-state index in [9.17, 15) is 14.0 Å². The van der Waals surface area contributed by atoms with Crippen molar-refractivity contribution < 1.29 is 19.1 Å². The van der Waals surface area contributed by atoms with Crippen molar-refractivity contribution in [2.24, 2.45) is 0 Å². The number of carboxylic acid groups (broad SMARTS) is 1. The summed E-state index contributed by atoms with van der Waals surface area (Å²) in [4.78, 5) is 23.0. The van der Waals surface area contributed by atoms with E-state index in [4.69, 9.17) is 5.11 Å². The van der Waals surface area contributed by atoms with E-state index in [1.165, 1.54) is 6.07 Å². The van der Waals surface area contributed by atoms with Gasteiger partial charge in [-0.05, 0) is 35.9 Å². The van der Waals surface area contributed by atoms with Crippen LogP contribution in [0.5, 0.6) is 0 Å². The number of hydrogen-bond donors (Lipinski definition) is 2. The van der Waals surface area contributed by atoms with Crippen molar-refractivity contribution in [3.63, 3.8) is 0 Å². The fourth-order valence-electron chi connectivity index (χ4n) is 1.83. The Bertz CT molecular complexity index is 703. The molecule has 0 saturated carbocycles. The fraction of sp³-hybridized carbons (Fsp3) is 0.0667. The molecule has 0 heterocycles. The van der Waals surface area contributed by atoms with Gasteiger partial charge in [-0.1, -0.05) is 28.1 Å². The van der Waals surface area contributed by atoms with E-state index in [1.54, 1.807) is 18.2 Å². The van der Waals surface area contributed by atoms with Gasteiger partial charge in [0.25, 0.3) is 0 Å². The Morgan fingerprint density at radius 3 is 2.62 bits per heavy atom. The highest BCUT2D eigenvalue weighted by molar-refractivity contribution is 9.10. The Hall–Kier alpha value is -2.21. The first-order valence-corrected chi connectivity index (χ1v) is 6.82. The molecule has 108 valence electrons. The Morgan fingerprint density at radius 2 is 1.95 bits per heavy atom. The summed E-state index contributed by atoms with van der Waals surface area (Å²) in [5, 5.41) is 11.5. The van der Waals surface area contributed by atoms with Crippen LogP contribution < -0.4 is 5.32 Å². The molecule has 0 aliphatic rings. The van der Waals surface area contributed by atoms with Crippen molar-refractivity contribution in [1.29, 1.82) is 0 Å². The van der Waals surface area contributed by atoms with Crippen LogP contribution in [0.3, 0.4) is 0 Å². The summed E-state index contributed by atoms with van der Waals surface area (Å²) in [7, 11) is 0. The second kappa shape index (κ2) is 6.49. The first-order chi connectivity index (χ1) is 9.95. The lowest BCUT2D eigenvalue weighted by Crippen LogP contribution is -2.17. The third-order valence-corrected chi connectivity index (χ3v) is 3.23. The van der Waals surface area contributed by atoms with Crippen LogP contribution in [0.1, 0.15) is 15.9 Å². The monoisotopic (exact) mass is 351 g/mol. The zero-order valence-corrected chi connectivity index (χ0v) is 12.4. The summed E-state index contributed by atoms with van der Waals surface area (Å²) in [5.74, 6) is -2.34. The van der Waals surface area contributed by atoms with Gasteiger partial charge in [0.2, 0.25) is 5.91 Å². The normalized spacial score (nSPS) is 10.2. The second-order valence-corrected chi connectivity index (χ2v) is 5.27. The number of rotatable bonds is 4. The summed E-state index contributed by atoms with van der Waals surface area (Å²) in [5.41, 5.74) is 0.572. The molecule has 0 spiro atoms. The average molecular weight is 352 g/mol. The van der Waals surface area contributed by atoms with E-state index in [-0.39, 0.29) is 23.6 Å². The standard InChI is InChI=1S/C15H11BrFNO3/c16-10-3-1-2-9(6-10)7-14(19)18-13-5-4-11(17)8-12(13)15(20)21/h1-6,8H,7H2,(H,18,19)(H,20,21). The maximum Gasteiger partial charge on any atom is 0.337 e. The number of hydrogen-bond acceptors (Lipinski definition) is 2. The SMILES string of the molecule is O=C(Cc1cccc(Br)c1)Nc1ccc(F)cc1C(=O)O. The molecular formula is C15H11BrFNO3. The van der Waals surface area contributed by atoms with E-state index in [1.807, 2.05) is 6.07 Å². The Labute approximate surface area is 128 Å². The second-order valence-electron chi connectivity index (χ2n) is 4.35. The highest BCUT2D eigenvalue weighted by Crippen LogP contribution is 2.18. The molecule has 0 bridgehead atoms. The van der Waals surface area contributed by atoms with Gasteiger partial charge >= 0.3 is 5.97 Å². The number of carbonyl (C=O) groups is 2. The number of nitrogens with one attached hydrogen (secondary N) is 1. The quantitative estimate of drug-likeness (QED) is 0.886. The smallest absolute Gasteiger partial charge is 0.337 e. The number of carbonyl (C=O) groups excluding carboxylic acids is 1. The molecule has 0 saturated heterocycles. The molecule has 1 amide bonds. The highest BCUT2D eigenvalue weighted by atomic mass is 79.9. The maximum absolute atomic E-state index is 13.1. The lowest BCUT2D eigenvalue weighted by atomic mass is 10.1. The van der Waals surface area contributed by atoms with E-state index in [2.05, 4.69) is 21.2 Å². The molecule has 0 fully saturated rings. The van der Waals surface area contributed by atoms with Gasteiger partial charge in [-0.25, -0.2) is 9.18 Å². The number of halogens is 2. The Morgan fingerprint density at radius 1 is 1.19 bits per heavy atom. The molecule has 0 aliphatic heterocycles. The van der Waals surface area contributed by atoms with Crippen LogP contribution in [0.4, 0.5) is 10.1 Å². The summed E-state index contributed by atoms with van der Waals surface area (Å²) >= 11 is 3.31. The molecule has 6 heteroatoms. The van der Waals surface area contributed by atoms with Crippen LogP contribution >= 0.6 is 15.9 Å². The van der Waals surface area contributed by atoms with E-state index in [0.29, 0.717) is 0 Å². The van der Waals surface area contributed by atoms with Crippen LogP contribution in [0, 0.1) is 5.82 Å². The Kier molecular flexibility index (Phi) is 4.70. The van der Waals surface area contributed by atoms with Crippen LogP contribution in [0.25, 0.3) is 0 Å². The maximum atomic E-state index is 13.1. The van der Waals surface area contributed by atoms with E-state index in [0.717, 1.165) is 22.2 Å². The van der Waals surface area contributed by atoms with E-state index >= 15 is 0 Å². The van der Waals surface area contributed by atoms with Crippen molar-refractivity contribution in [2.45, 2.75) is 6.42 Å². The molecule has 0 aliphatic carbocycles. The molecule has 0 radical (unpaired) electrons. The first-order valence-electron chi connectivity index (χ1n) is 6.03. The molecule has 2 N–H and O–H groups in total. The van der Waals surface area contributed by atoms with Crippen molar-refractivity contribution in [2.75, 3.05) is 5.32 Å².